The Morgan fingerprint density at radius 1 is 1.06 bits per heavy atom. The first kappa shape index (κ1) is 11.0. The number of hydrogen-bond acceptors (Lipinski definition) is 3. The maximum Gasteiger partial charge on any atom is 0.0221 e. The average Bonchev–Trinajstić information content (AvgIpc) is 3.07. The number of piperazine rings is 1. The van der Waals surface area contributed by atoms with Gasteiger partial charge in [-0.2, -0.15) is 0 Å². The highest BCUT2D eigenvalue weighted by atomic mass is 15.3. The molecule has 0 aromatic rings. The molecule has 0 bridgehead atoms. The van der Waals surface area contributed by atoms with Gasteiger partial charge in [0.05, 0.1) is 0 Å². The van der Waals surface area contributed by atoms with Crippen LogP contribution in [0.4, 0.5) is 0 Å². The monoisotopic (exact) mass is 223 g/mol. The zero-order valence-corrected chi connectivity index (χ0v) is 10.5. The van der Waals surface area contributed by atoms with E-state index in [1.807, 2.05) is 0 Å². The van der Waals surface area contributed by atoms with Gasteiger partial charge in [0.1, 0.15) is 0 Å². The van der Waals surface area contributed by atoms with Gasteiger partial charge < -0.3 is 5.32 Å². The predicted octanol–water partition coefficient (Wildman–Crippen LogP) is 0.764. The Kier molecular flexibility index (Phi) is 3.18. The summed E-state index contributed by atoms with van der Waals surface area (Å²) in [6, 6.07) is 1.72. The minimum absolute atomic E-state index is 0.757. The van der Waals surface area contributed by atoms with Crippen molar-refractivity contribution in [2.24, 2.45) is 5.92 Å². The van der Waals surface area contributed by atoms with Crippen LogP contribution in [0.3, 0.4) is 0 Å². The lowest BCUT2D eigenvalue weighted by molar-refractivity contribution is 0.115. The van der Waals surface area contributed by atoms with Gasteiger partial charge in [-0.15, -0.1) is 0 Å². The van der Waals surface area contributed by atoms with E-state index in [1.54, 1.807) is 0 Å². The molecule has 3 nitrogen and oxygen atoms in total. The summed E-state index contributed by atoms with van der Waals surface area (Å²) < 4.78 is 0. The normalized spacial score (nSPS) is 38.1. The molecular formula is C13H25N3. The van der Waals surface area contributed by atoms with Crippen LogP contribution in [-0.2, 0) is 0 Å². The summed E-state index contributed by atoms with van der Waals surface area (Å²) in [7, 11) is 0. The highest BCUT2D eigenvalue weighted by Crippen LogP contribution is 2.27. The van der Waals surface area contributed by atoms with Gasteiger partial charge in [0.25, 0.3) is 0 Å². The highest BCUT2D eigenvalue weighted by molar-refractivity contribution is 4.89. The first-order chi connectivity index (χ1) is 7.83. The number of hydrogen-bond donors (Lipinski definition) is 1. The van der Waals surface area contributed by atoms with Gasteiger partial charge in [0, 0.05) is 44.8 Å². The van der Waals surface area contributed by atoms with Crippen molar-refractivity contribution in [2.75, 3.05) is 39.3 Å². The smallest absolute Gasteiger partial charge is 0.0221 e. The van der Waals surface area contributed by atoms with E-state index in [4.69, 9.17) is 0 Å². The van der Waals surface area contributed by atoms with Crippen molar-refractivity contribution in [3.8, 4) is 0 Å². The minimum Gasteiger partial charge on any atom is -0.312 e. The topological polar surface area (TPSA) is 18.5 Å². The summed E-state index contributed by atoms with van der Waals surface area (Å²) in [6.07, 6.45) is 4.29. The van der Waals surface area contributed by atoms with Crippen LogP contribution in [0.15, 0.2) is 0 Å². The molecule has 3 fully saturated rings. The summed E-state index contributed by atoms with van der Waals surface area (Å²) in [6.45, 7) is 10.1. The molecule has 0 radical (unpaired) electrons. The second-order valence-corrected chi connectivity index (χ2v) is 5.89. The molecule has 2 aliphatic heterocycles. The Hall–Kier alpha value is -0.120. The van der Waals surface area contributed by atoms with Gasteiger partial charge in [-0.3, -0.25) is 9.80 Å². The van der Waals surface area contributed by atoms with Crippen molar-refractivity contribution >= 4 is 0 Å². The quantitative estimate of drug-likeness (QED) is 0.762. The maximum absolute atomic E-state index is 3.64. The van der Waals surface area contributed by atoms with E-state index < -0.39 is 0 Å². The van der Waals surface area contributed by atoms with E-state index in [-0.39, 0.29) is 0 Å². The van der Waals surface area contributed by atoms with Crippen molar-refractivity contribution < 1.29 is 0 Å². The van der Waals surface area contributed by atoms with Crippen molar-refractivity contribution in [1.82, 2.24) is 15.1 Å². The molecule has 0 amide bonds. The van der Waals surface area contributed by atoms with Crippen LogP contribution in [0, 0.1) is 5.92 Å². The third kappa shape index (κ3) is 2.41. The third-order valence-corrected chi connectivity index (χ3v) is 4.62. The summed E-state index contributed by atoms with van der Waals surface area (Å²) in [5, 5.41) is 3.64. The van der Waals surface area contributed by atoms with Crippen molar-refractivity contribution in [3.05, 3.63) is 0 Å². The summed E-state index contributed by atoms with van der Waals surface area (Å²) in [5.74, 6) is 0.876. The largest absolute Gasteiger partial charge is 0.312 e. The molecule has 3 rings (SSSR count). The molecule has 0 aromatic heterocycles. The van der Waals surface area contributed by atoms with E-state index in [9.17, 15) is 0 Å². The SMILES string of the molecule is CC1CCNC1CN1CCN(C2CC2)CC1. The van der Waals surface area contributed by atoms with Gasteiger partial charge >= 0.3 is 0 Å². The van der Waals surface area contributed by atoms with Crippen molar-refractivity contribution in [2.45, 2.75) is 38.3 Å². The van der Waals surface area contributed by atoms with E-state index in [0.717, 1.165) is 18.0 Å². The molecule has 2 heterocycles. The van der Waals surface area contributed by atoms with Crippen LogP contribution in [0.1, 0.15) is 26.2 Å². The number of nitrogens with zero attached hydrogens (tertiary/aromatic N) is 2. The standard InChI is InChI=1S/C13H25N3/c1-11-4-5-14-13(11)10-15-6-8-16(9-7-15)12-2-3-12/h11-14H,2-10H2,1H3. The van der Waals surface area contributed by atoms with Gasteiger partial charge in [0.2, 0.25) is 0 Å². The predicted molar refractivity (Wildman–Crippen MR) is 66.6 cm³/mol. The molecule has 92 valence electrons. The van der Waals surface area contributed by atoms with Crippen LogP contribution >= 0.6 is 0 Å². The summed E-state index contributed by atoms with van der Waals surface area (Å²) in [4.78, 5) is 5.36. The van der Waals surface area contributed by atoms with Gasteiger partial charge in [-0.05, 0) is 31.7 Å². The number of rotatable bonds is 3. The fourth-order valence-electron chi connectivity index (χ4n) is 3.17. The first-order valence-electron chi connectivity index (χ1n) is 7.03. The molecule has 1 N–H and O–H groups in total. The van der Waals surface area contributed by atoms with Crippen LogP contribution in [0.5, 0.6) is 0 Å². The lowest BCUT2D eigenvalue weighted by atomic mass is 10.0. The van der Waals surface area contributed by atoms with E-state index in [1.165, 1.54) is 58.5 Å². The molecule has 3 aliphatic rings. The van der Waals surface area contributed by atoms with Crippen LogP contribution in [0.2, 0.25) is 0 Å². The molecule has 1 saturated carbocycles. The van der Waals surface area contributed by atoms with E-state index in [2.05, 4.69) is 22.0 Å². The second-order valence-electron chi connectivity index (χ2n) is 5.89. The van der Waals surface area contributed by atoms with Crippen molar-refractivity contribution in [3.63, 3.8) is 0 Å². The zero-order chi connectivity index (χ0) is 11.0. The van der Waals surface area contributed by atoms with E-state index in [0.29, 0.717) is 0 Å². The Morgan fingerprint density at radius 2 is 1.81 bits per heavy atom. The Morgan fingerprint density at radius 3 is 2.38 bits per heavy atom. The molecule has 2 unspecified atom stereocenters. The van der Waals surface area contributed by atoms with Crippen LogP contribution in [-0.4, -0.2) is 61.2 Å². The zero-order valence-electron chi connectivity index (χ0n) is 10.5. The van der Waals surface area contributed by atoms with Crippen LogP contribution in [0.25, 0.3) is 0 Å². The third-order valence-electron chi connectivity index (χ3n) is 4.62. The lowest BCUT2D eigenvalue weighted by Gasteiger charge is -2.36. The van der Waals surface area contributed by atoms with Crippen molar-refractivity contribution in [1.29, 1.82) is 0 Å². The Balaban J connectivity index is 1.43. The highest BCUT2D eigenvalue weighted by Gasteiger charge is 2.32. The summed E-state index contributed by atoms with van der Waals surface area (Å²) >= 11 is 0. The lowest BCUT2D eigenvalue weighted by Crippen LogP contribution is -2.51. The molecule has 2 saturated heterocycles. The molecule has 0 spiro atoms. The fourth-order valence-corrected chi connectivity index (χ4v) is 3.17. The molecule has 2 atom stereocenters. The summed E-state index contributed by atoms with van der Waals surface area (Å²) in [5.41, 5.74) is 0. The minimum atomic E-state index is 0.757. The first-order valence-corrected chi connectivity index (χ1v) is 7.03. The number of nitrogens with one attached hydrogen (secondary N) is 1. The van der Waals surface area contributed by atoms with Crippen LogP contribution < -0.4 is 5.32 Å². The Bertz CT molecular complexity index is 231. The van der Waals surface area contributed by atoms with E-state index >= 15 is 0 Å². The average molecular weight is 223 g/mol. The molecule has 16 heavy (non-hydrogen) atoms. The fraction of sp³-hybridized carbons (Fsp3) is 1.00. The Labute approximate surface area is 99.2 Å². The van der Waals surface area contributed by atoms with Gasteiger partial charge in [-0.1, -0.05) is 6.92 Å². The molecule has 0 aromatic carbocycles. The molecular weight excluding hydrogens is 198 g/mol. The molecule has 3 heteroatoms. The van der Waals surface area contributed by atoms with Gasteiger partial charge in [-0.25, -0.2) is 0 Å². The van der Waals surface area contributed by atoms with Gasteiger partial charge in [0.15, 0.2) is 0 Å². The molecule has 1 aliphatic carbocycles. The second kappa shape index (κ2) is 4.63. The maximum atomic E-state index is 3.64.